The number of nitro benzene ring substituents is 1. The van der Waals surface area contributed by atoms with Crippen LogP contribution in [0, 0.1) is 10.1 Å². The summed E-state index contributed by atoms with van der Waals surface area (Å²) >= 11 is 0. The van der Waals surface area contributed by atoms with Crippen LogP contribution in [-0.4, -0.2) is 12.0 Å². The molecule has 1 aromatic carbocycles. The van der Waals surface area contributed by atoms with Gasteiger partial charge in [-0.2, -0.15) is 0 Å². The quantitative estimate of drug-likeness (QED) is 0.472. The average molecular weight is 279 g/mol. The van der Waals surface area contributed by atoms with Gasteiger partial charge in [-0.1, -0.05) is 19.4 Å². The summed E-state index contributed by atoms with van der Waals surface area (Å²) in [5, 5.41) is 10.4. The van der Waals surface area contributed by atoms with E-state index in [9.17, 15) is 29.5 Å². The van der Waals surface area contributed by atoms with Crippen LogP contribution >= 0.6 is 10.2 Å². The van der Waals surface area contributed by atoms with Gasteiger partial charge in [-0.25, -0.2) is 0 Å². The lowest BCUT2D eigenvalue weighted by atomic mass is 10.3. The Hall–Kier alpha value is -1.58. The Morgan fingerprint density at radius 2 is 1.76 bits per heavy atom. The van der Waals surface area contributed by atoms with E-state index < -0.39 is 31.5 Å². The Morgan fingerprint density at radius 3 is 2.12 bits per heavy atom. The van der Waals surface area contributed by atoms with E-state index in [1.165, 1.54) is 0 Å². The minimum atomic E-state index is -9.85. The maximum atomic E-state index is 12.4. The molecule has 0 spiro atoms. The highest BCUT2D eigenvalue weighted by molar-refractivity contribution is 8.45. The third kappa shape index (κ3) is 2.96. The van der Waals surface area contributed by atoms with E-state index in [0.717, 1.165) is 7.11 Å². The van der Waals surface area contributed by atoms with Gasteiger partial charge in [0.05, 0.1) is 12.0 Å². The largest absolute Gasteiger partial charge is 0.490 e. The number of ether oxygens (including phenoxy) is 1. The lowest BCUT2D eigenvalue weighted by Gasteiger charge is -2.40. The first-order chi connectivity index (χ1) is 7.35. The number of nitro groups is 1. The molecular weight excluding hydrogens is 273 g/mol. The number of benzene rings is 1. The number of methoxy groups -OCH3 is 1. The van der Waals surface area contributed by atoms with Gasteiger partial charge in [-0.15, -0.1) is 0 Å². The summed E-state index contributed by atoms with van der Waals surface area (Å²) in [5.41, 5.74) is -0.821. The fourth-order valence-corrected chi connectivity index (χ4v) is 1.70. The molecule has 10 heteroatoms. The molecule has 0 unspecified atom stereocenters. The van der Waals surface area contributed by atoms with Crippen LogP contribution in [0.5, 0.6) is 5.75 Å². The molecule has 98 valence electrons. The molecule has 17 heavy (non-hydrogen) atoms. The van der Waals surface area contributed by atoms with Crippen molar-refractivity contribution in [2.24, 2.45) is 0 Å². The highest BCUT2D eigenvalue weighted by Crippen LogP contribution is 3.02. The fourth-order valence-electron chi connectivity index (χ4n) is 1.05. The molecule has 0 fully saturated rings. The molecule has 0 aliphatic carbocycles. The summed E-state index contributed by atoms with van der Waals surface area (Å²) in [5.74, 6) is -0.874. The van der Waals surface area contributed by atoms with Crippen molar-refractivity contribution in [2.75, 3.05) is 7.11 Å². The monoisotopic (exact) mass is 279 g/mol. The van der Waals surface area contributed by atoms with E-state index >= 15 is 0 Å². The van der Waals surface area contributed by atoms with Gasteiger partial charge in [0.25, 0.3) is 0 Å². The molecule has 0 aliphatic heterocycles. The molecule has 0 aromatic heterocycles. The van der Waals surface area contributed by atoms with Crippen LogP contribution in [0.1, 0.15) is 0 Å². The van der Waals surface area contributed by atoms with Crippen LogP contribution in [0.2, 0.25) is 0 Å². The van der Waals surface area contributed by atoms with Gasteiger partial charge in [0.2, 0.25) is 0 Å². The predicted octanol–water partition coefficient (Wildman–Crippen LogP) is 4.26. The van der Waals surface area contributed by atoms with Crippen molar-refractivity contribution >= 4 is 15.9 Å². The zero-order valence-corrected chi connectivity index (χ0v) is 9.02. The molecule has 0 saturated heterocycles. The van der Waals surface area contributed by atoms with E-state index in [2.05, 4.69) is 4.74 Å². The Labute approximate surface area is 91.9 Å². The van der Waals surface area contributed by atoms with E-state index in [0.29, 0.717) is 6.07 Å². The highest BCUT2D eigenvalue weighted by Gasteiger charge is 2.65. The molecular formula is C7H6F5NO3S. The van der Waals surface area contributed by atoms with Crippen molar-refractivity contribution in [1.82, 2.24) is 0 Å². The topological polar surface area (TPSA) is 52.4 Å². The second-order valence-corrected chi connectivity index (χ2v) is 5.47. The van der Waals surface area contributed by atoms with Crippen LogP contribution in [0.3, 0.4) is 0 Å². The molecule has 0 saturated carbocycles. The molecule has 0 amide bonds. The SMILES string of the molecule is COc1cc(S(F)(F)(F)(F)F)ccc1[N+](=O)[O-]. The van der Waals surface area contributed by atoms with E-state index in [1.54, 1.807) is 0 Å². The van der Waals surface area contributed by atoms with Crippen molar-refractivity contribution < 1.29 is 29.1 Å². The van der Waals surface area contributed by atoms with Gasteiger partial charge in [0.15, 0.2) is 5.75 Å². The summed E-state index contributed by atoms with van der Waals surface area (Å²) in [4.78, 5) is 7.10. The Kier molecular flexibility index (Phi) is 2.38. The third-order valence-corrected chi connectivity index (χ3v) is 2.94. The second kappa shape index (κ2) is 3.00. The Balaban J connectivity index is 3.50. The molecule has 1 aromatic rings. The molecule has 4 nitrogen and oxygen atoms in total. The number of halogens is 5. The summed E-state index contributed by atoms with van der Waals surface area (Å²) in [6, 6.07) is 0.202. The van der Waals surface area contributed by atoms with Crippen LogP contribution in [0.25, 0.3) is 0 Å². The number of hydrogen-bond donors (Lipinski definition) is 0. The fraction of sp³-hybridized carbons (Fsp3) is 0.143. The predicted molar refractivity (Wildman–Crippen MR) is 51.0 cm³/mol. The summed E-state index contributed by atoms with van der Waals surface area (Å²) in [7, 11) is -9.00. The number of rotatable bonds is 3. The smallest absolute Gasteiger partial charge is 0.310 e. The number of nitrogens with zero attached hydrogens (tertiary/aromatic N) is 1. The molecule has 1 rings (SSSR count). The first-order valence-corrected chi connectivity index (χ1v) is 5.87. The lowest BCUT2D eigenvalue weighted by molar-refractivity contribution is -0.385. The van der Waals surface area contributed by atoms with Crippen molar-refractivity contribution in [3.8, 4) is 5.75 Å². The van der Waals surface area contributed by atoms with E-state index in [1.807, 2.05) is 0 Å². The molecule has 0 aliphatic rings. The standard InChI is InChI=1S/C7H6F5NO3S/c1-16-7-4-5(17(8,9,10,11)12)2-3-6(7)13(14)15/h2-4H,1H3. The summed E-state index contributed by atoms with van der Waals surface area (Å²) in [6.07, 6.45) is 0. The average Bonchev–Trinajstić information content (AvgIpc) is 2.13. The van der Waals surface area contributed by atoms with Crippen LogP contribution in [0.4, 0.5) is 25.1 Å². The first-order valence-electron chi connectivity index (χ1n) is 3.91. The number of hydrogen-bond acceptors (Lipinski definition) is 3. The Bertz CT molecular complexity index is 485. The van der Waals surface area contributed by atoms with Gasteiger partial charge >= 0.3 is 15.9 Å². The molecule has 0 radical (unpaired) electrons. The minimum absolute atomic E-state index is 0.0395. The van der Waals surface area contributed by atoms with Crippen molar-refractivity contribution in [3.05, 3.63) is 28.3 Å². The van der Waals surface area contributed by atoms with Gasteiger partial charge in [-0.3, -0.25) is 10.1 Å². The van der Waals surface area contributed by atoms with Crippen molar-refractivity contribution in [3.63, 3.8) is 0 Å². The van der Waals surface area contributed by atoms with Crippen molar-refractivity contribution in [1.29, 1.82) is 0 Å². The van der Waals surface area contributed by atoms with Gasteiger partial charge in [0.1, 0.15) is 4.90 Å². The van der Waals surface area contributed by atoms with E-state index in [4.69, 9.17) is 0 Å². The third-order valence-electron chi connectivity index (χ3n) is 1.79. The van der Waals surface area contributed by atoms with Crippen LogP contribution < -0.4 is 4.74 Å². The normalized spacial score (nSPS) is 15.9. The minimum Gasteiger partial charge on any atom is -0.490 e. The zero-order valence-electron chi connectivity index (χ0n) is 8.20. The maximum Gasteiger partial charge on any atom is 0.310 e. The van der Waals surface area contributed by atoms with E-state index in [-0.39, 0.29) is 12.1 Å². The highest BCUT2D eigenvalue weighted by atomic mass is 32.5. The lowest BCUT2D eigenvalue weighted by Crippen LogP contribution is -2.06. The molecule has 0 N–H and O–H groups in total. The zero-order chi connectivity index (χ0) is 13.5. The van der Waals surface area contributed by atoms with Crippen molar-refractivity contribution in [2.45, 2.75) is 4.90 Å². The van der Waals surface area contributed by atoms with Gasteiger partial charge in [0, 0.05) is 12.1 Å². The first kappa shape index (κ1) is 13.5. The summed E-state index contributed by atoms with van der Waals surface area (Å²) < 4.78 is 66.1. The molecule has 0 heterocycles. The molecule has 0 atom stereocenters. The van der Waals surface area contributed by atoms with Crippen LogP contribution in [-0.2, 0) is 0 Å². The van der Waals surface area contributed by atoms with Crippen LogP contribution in [0.15, 0.2) is 23.1 Å². The summed E-state index contributed by atoms with van der Waals surface area (Å²) in [6.45, 7) is 0. The van der Waals surface area contributed by atoms with Gasteiger partial charge < -0.3 is 4.74 Å². The molecule has 0 bridgehead atoms. The Morgan fingerprint density at radius 1 is 1.24 bits per heavy atom. The van der Waals surface area contributed by atoms with Gasteiger partial charge in [-0.05, 0) is 6.07 Å². The second-order valence-electron chi connectivity index (χ2n) is 3.06. The maximum absolute atomic E-state index is 12.4.